The highest BCUT2D eigenvalue weighted by Gasteiger charge is 2.21. The van der Waals surface area contributed by atoms with Crippen molar-refractivity contribution >= 4 is 11.4 Å². The molecule has 0 radical (unpaired) electrons. The normalized spacial score (nSPS) is 15.5. The maximum Gasteiger partial charge on any atom is 0.350 e. The molecule has 2 heterocycles. The molecule has 0 amide bonds. The predicted octanol–water partition coefficient (Wildman–Crippen LogP) is 4.23. The molecule has 1 aliphatic heterocycles. The SMILES string of the molecule is C[C@H](OCc1ccccc1)[C@H](C)n1ncn(-c2ccc(N3CCN(c4ccc(O)cc4)CC3)cc2)c1=O. The van der Waals surface area contributed by atoms with Crippen LogP contribution in [-0.2, 0) is 11.3 Å². The Morgan fingerprint density at radius 1 is 0.811 bits per heavy atom. The van der Waals surface area contributed by atoms with Crippen LogP contribution in [0.4, 0.5) is 11.4 Å². The lowest BCUT2D eigenvalue weighted by atomic mass is 10.2. The van der Waals surface area contributed by atoms with E-state index in [1.54, 1.807) is 23.0 Å². The lowest BCUT2D eigenvalue weighted by molar-refractivity contribution is 0.0181. The third-order valence-corrected chi connectivity index (χ3v) is 7.10. The van der Waals surface area contributed by atoms with E-state index in [-0.39, 0.29) is 23.6 Å². The number of rotatable bonds is 8. The summed E-state index contributed by atoms with van der Waals surface area (Å²) in [6.45, 7) is 8.02. The van der Waals surface area contributed by atoms with Gasteiger partial charge in [-0.25, -0.2) is 14.0 Å². The summed E-state index contributed by atoms with van der Waals surface area (Å²) in [6.07, 6.45) is 1.40. The first kappa shape index (κ1) is 24.6. The van der Waals surface area contributed by atoms with Gasteiger partial charge in [0.1, 0.15) is 12.1 Å². The minimum Gasteiger partial charge on any atom is -0.508 e. The van der Waals surface area contributed by atoms with Crippen LogP contribution < -0.4 is 15.5 Å². The van der Waals surface area contributed by atoms with Gasteiger partial charge in [0.15, 0.2) is 0 Å². The summed E-state index contributed by atoms with van der Waals surface area (Å²) in [6, 6.07) is 25.2. The molecule has 0 unspecified atom stereocenters. The number of phenols is 1. The molecule has 2 atom stereocenters. The van der Waals surface area contributed by atoms with Crippen molar-refractivity contribution in [2.45, 2.75) is 32.6 Å². The third-order valence-electron chi connectivity index (χ3n) is 7.10. The van der Waals surface area contributed by atoms with Crippen molar-refractivity contribution in [3.63, 3.8) is 0 Å². The van der Waals surface area contributed by atoms with E-state index in [4.69, 9.17) is 4.74 Å². The standard InChI is InChI=1S/C29H33N5O3/c1-22(23(2)37-20-24-6-4-3-5-7-24)34-29(36)33(21-30-34)27-10-8-25(9-11-27)31-16-18-32(19-17-31)26-12-14-28(35)15-13-26/h3-15,21-23,35H,16-20H2,1-2H3/t22-,23-/m0/s1. The smallest absolute Gasteiger partial charge is 0.350 e. The van der Waals surface area contributed by atoms with Crippen LogP contribution in [0.15, 0.2) is 90.0 Å². The first-order valence-electron chi connectivity index (χ1n) is 12.7. The molecule has 0 aliphatic carbocycles. The average Bonchev–Trinajstić information content (AvgIpc) is 3.33. The number of phenolic OH excluding ortho intramolecular Hbond substituents is 1. The Morgan fingerprint density at radius 2 is 1.35 bits per heavy atom. The molecule has 4 aromatic rings. The monoisotopic (exact) mass is 499 g/mol. The Kier molecular flexibility index (Phi) is 7.28. The molecule has 1 fully saturated rings. The Labute approximate surface area is 217 Å². The summed E-state index contributed by atoms with van der Waals surface area (Å²) >= 11 is 0. The molecule has 0 spiro atoms. The number of anilines is 2. The number of aromatic hydroxyl groups is 1. The van der Waals surface area contributed by atoms with Gasteiger partial charge < -0.3 is 19.6 Å². The summed E-state index contributed by atoms with van der Waals surface area (Å²) in [4.78, 5) is 17.8. The van der Waals surface area contributed by atoms with E-state index in [9.17, 15) is 9.90 Å². The van der Waals surface area contributed by atoms with E-state index in [1.807, 2.05) is 68.4 Å². The van der Waals surface area contributed by atoms with Crippen molar-refractivity contribution in [3.8, 4) is 11.4 Å². The fourth-order valence-electron chi connectivity index (χ4n) is 4.62. The third kappa shape index (κ3) is 5.54. The zero-order valence-corrected chi connectivity index (χ0v) is 21.3. The van der Waals surface area contributed by atoms with Gasteiger partial charge in [-0.05, 0) is 67.9 Å². The minimum absolute atomic E-state index is 0.177. The Bertz CT molecular complexity index is 1340. The van der Waals surface area contributed by atoms with Crippen molar-refractivity contribution in [1.29, 1.82) is 0 Å². The first-order chi connectivity index (χ1) is 18.0. The highest BCUT2D eigenvalue weighted by atomic mass is 16.5. The summed E-state index contributed by atoms with van der Waals surface area (Å²) in [5.74, 6) is 0.285. The van der Waals surface area contributed by atoms with Gasteiger partial charge in [0.25, 0.3) is 0 Å². The van der Waals surface area contributed by atoms with E-state index >= 15 is 0 Å². The van der Waals surface area contributed by atoms with Crippen LogP contribution in [0, 0.1) is 0 Å². The number of ether oxygens (including phenoxy) is 1. The molecule has 0 saturated carbocycles. The van der Waals surface area contributed by atoms with Crippen molar-refractivity contribution < 1.29 is 9.84 Å². The van der Waals surface area contributed by atoms with Gasteiger partial charge in [-0.15, -0.1) is 0 Å². The number of nitrogens with zero attached hydrogens (tertiary/aromatic N) is 5. The summed E-state index contributed by atoms with van der Waals surface area (Å²) < 4.78 is 9.08. The molecule has 1 saturated heterocycles. The lowest BCUT2D eigenvalue weighted by Gasteiger charge is -2.37. The van der Waals surface area contributed by atoms with Crippen molar-refractivity contribution in [2.24, 2.45) is 0 Å². The van der Waals surface area contributed by atoms with E-state index < -0.39 is 0 Å². The molecule has 3 aromatic carbocycles. The van der Waals surface area contributed by atoms with Gasteiger partial charge in [0.2, 0.25) is 0 Å². The van der Waals surface area contributed by atoms with Gasteiger partial charge in [0.05, 0.1) is 24.4 Å². The lowest BCUT2D eigenvalue weighted by Crippen LogP contribution is -2.46. The maximum absolute atomic E-state index is 13.1. The van der Waals surface area contributed by atoms with Crippen molar-refractivity contribution in [2.75, 3.05) is 36.0 Å². The first-order valence-corrected chi connectivity index (χ1v) is 12.7. The molecule has 1 aromatic heterocycles. The fraction of sp³-hybridized carbons (Fsp3) is 0.310. The molecule has 37 heavy (non-hydrogen) atoms. The van der Waals surface area contributed by atoms with Gasteiger partial charge in [-0.2, -0.15) is 5.10 Å². The summed E-state index contributed by atoms with van der Waals surface area (Å²) in [5.41, 5.74) is 3.95. The van der Waals surface area contributed by atoms with Crippen LogP contribution in [0.1, 0.15) is 25.5 Å². The Hall–Kier alpha value is -4.04. The highest BCUT2D eigenvalue weighted by molar-refractivity contribution is 5.54. The largest absolute Gasteiger partial charge is 0.508 e. The molecule has 192 valence electrons. The molecular formula is C29H33N5O3. The van der Waals surface area contributed by atoms with Gasteiger partial charge in [-0.1, -0.05) is 30.3 Å². The zero-order valence-electron chi connectivity index (χ0n) is 21.3. The molecule has 1 aliphatic rings. The average molecular weight is 500 g/mol. The molecule has 1 N–H and O–H groups in total. The molecule has 0 bridgehead atoms. The quantitative estimate of drug-likeness (QED) is 0.391. The Morgan fingerprint density at radius 3 is 1.95 bits per heavy atom. The van der Waals surface area contributed by atoms with Crippen LogP contribution in [0.5, 0.6) is 5.75 Å². The predicted molar refractivity (Wildman–Crippen MR) is 146 cm³/mol. The topological polar surface area (TPSA) is 75.8 Å². The van der Waals surface area contributed by atoms with Gasteiger partial charge >= 0.3 is 5.69 Å². The summed E-state index contributed by atoms with van der Waals surface area (Å²) in [7, 11) is 0. The molecule has 8 nitrogen and oxygen atoms in total. The van der Waals surface area contributed by atoms with Crippen molar-refractivity contribution in [3.05, 3.63) is 101 Å². The second-order valence-electron chi connectivity index (χ2n) is 9.48. The number of piperazine rings is 1. The Balaban J connectivity index is 1.20. The van der Waals surface area contributed by atoms with Crippen molar-refractivity contribution in [1.82, 2.24) is 14.3 Å². The fourth-order valence-corrected chi connectivity index (χ4v) is 4.62. The van der Waals surface area contributed by atoms with Crippen LogP contribution in [0.3, 0.4) is 0 Å². The molecular weight excluding hydrogens is 466 g/mol. The summed E-state index contributed by atoms with van der Waals surface area (Å²) in [5, 5.41) is 13.9. The second kappa shape index (κ2) is 10.9. The molecule has 8 heteroatoms. The molecule has 5 rings (SSSR count). The number of benzene rings is 3. The number of hydrogen-bond acceptors (Lipinski definition) is 6. The van der Waals surface area contributed by atoms with Crippen LogP contribution in [0.25, 0.3) is 5.69 Å². The minimum atomic E-state index is -0.207. The number of hydrogen-bond donors (Lipinski definition) is 1. The van der Waals surface area contributed by atoms with Crippen LogP contribution in [0.2, 0.25) is 0 Å². The maximum atomic E-state index is 13.1. The second-order valence-corrected chi connectivity index (χ2v) is 9.48. The van der Waals surface area contributed by atoms with E-state index in [1.165, 1.54) is 4.68 Å². The van der Waals surface area contributed by atoms with Crippen LogP contribution >= 0.6 is 0 Å². The van der Waals surface area contributed by atoms with E-state index in [0.717, 1.165) is 48.8 Å². The van der Waals surface area contributed by atoms with E-state index in [2.05, 4.69) is 27.0 Å². The van der Waals surface area contributed by atoms with E-state index in [0.29, 0.717) is 6.61 Å². The van der Waals surface area contributed by atoms with Gasteiger partial charge in [-0.3, -0.25) is 0 Å². The van der Waals surface area contributed by atoms with Gasteiger partial charge in [0, 0.05) is 37.6 Å². The van der Waals surface area contributed by atoms with Crippen LogP contribution in [-0.4, -0.2) is 51.7 Å². The highest BCUT2D eigenvalue weighted by Crippen LogP contribution is 2.23. The number of aromatic nitrogens is 3. The zero-order chi connectivity index (χ0) is 25.8.